The van der Waals surface area contributed by atoms with Crippen LogP contribution in [0.4, 0.5) is 0 Å². The molecule has 1 aromatic rings. The molecule has 2 N–H and O–H groups in total. The smallest absolute Gasteiger partial charge is 0.123 e. The minimum Gasteiger partial charge on any atom is -0.496 e. The van der Waals surface area contributed by atoms with Crippen molar-refractivity contribution in [3.63, 3.8) is 0 Å². The lowest BCUT2D eigenvalue weighted by molar-refractivity contribution is 0.403. The van der Waals surface area contributed by atoms with Gasteiger partial charge >= 0.3 is 0 Å². The normalized spacial score (nSPS) is 12.4. The summed E-state index contributed by atoms with van der Waals surface area (Å²) >= 11 is 6.05. The van der Waals surface area contributed by atoms with Crippen molar-refractivity contribution in [2.75, 3.05) is 7.11 Å². The van der Waals surface area contributed by atoms with Crippen LogP contribution in [0.15, 0.2) is 18.2 Å². The van der Waals surface area contributed by atoms with E-state index in [9.17, 15) is 0 Å². The first kappa shape index (κ1) is 18.3. The second-order valence-electron chi connectivity index (χ2n) is 5.76. The number of unbranched alkanes of at least 4 members (excludes halogenated alkanes) is 7. The number of ether oxygens (including phenoxy) is 1. The Morgan fingerprint density at radius 2 is 1.67 bits per heavy atom. The maximum atomic E-state index is 6.28. The Bertz CT molecular complexity index is 395. The largest absolute Gasteiger partial charge is 0.496 e. The summed E-state index contributed by atoms with van der Waals surface area (Å²) in [7, 11) is 1.68. The number of hydrogen-bond acceptors (Lipinski definition) is 2. The Morgan fingerprint density at radius 1 is 1.05 bits per heavy atom. The summed E-state index contributed by atoms with van der Waals surface area (Å²) in [6, 6.07) is 5.67. The predicted molar refractivity (Wildman–Crippen MR) is 92.2 cm³/mol. The van der Waals surface area contributed by atoms with Crippen LogP contribution in [0.2, 0.25) is 5.02 Å². The third-order valence-corrected chi connectivity index (χ3v) is 4.19. The molecule has 0 aliphatic carbocycles. The van der Waals surface area contributed by atoms with Gasteiger partial charge in [-0.25, -0.2) is 0 Å². The highest BCUT2D eigenvalue weighted by Crippen LogP contribution is 2.29. The summed E-state index contributed by atoms with van der Waals surface area (Å²) < 4.78 is 5.37. The maximum Gasteiger partial charge on any atom is 0.123 e. The zero-order valence-corrected chi connectivity index (χ0v) is 14.3. The first-order valence-electron chi connectivity index (χ1n) is 8.28. The summed E-state index contributed by atoms with van der Waals surface area (Å²) in [5, 5.41) is 0.720. The standard InChI is InChI=1S/C18H30ClNO/c1-3-4-5-6-7-8-9-10-11-17(20)16-14-15(19)12-13-18(16)21-2/h12-14,17H,3-11,20H2,1-2H3. The summed E-state index contributed by atoms with van der Waals surface area (Å²) in [5.74, 6) is 0.839. The van der Waals surface area contributed by atoms with Crippen LogP contribution < -0.4 is 10.5 Å². The molecular weight excluding hydrogens is 282 g/mol. The van der Waals surface area contributed by atoms with Gasteiger partial charge in [0, 0.05) is 16.6 Å². The van der Waals surface area contributed by atoms with E-state index in [0.717, 1.165) is 22.8 Å². The van der Waals surface area contributed by atoms with Gasteiger partial charge in [0.15, 0.2) is 0 Å². The van der Waals surface area contributed by atoms with Crippen molar-refractivity contribution in [3.8, 4) is 5.75 Å². The lowest BCUT2D eigenvalue weighted by Crippen LogP contribution is -2.11. The Morgan fingerprint density at radius 3 is 2.29 bits per heavy atom. The van der Waals surface area contributed by atoms with Crippen LogP contribution in [0, 0.1) is 0 Å². The minimum absolute atomic E-state index is 0.0127. The van der Waals surface area contributed by atoms with E-state index >= 15 is 0 Å². The van der Waals surface area contributed by atoms with Crippen LogP contribution in [0.5, 0.6) is 5.75 Å². The molecule has 3 heteroatoms. The fourth-order valence-electron chi connectivity index (χ4n) is 2.65. The van der Waals surface area contributed by atoms with Gasteiger partial charge in [-0.05, 0) is 24.6 Å². The van der Waals surface area contributed by atoms with E-state index in [-0.39, 0.29) is 6.04 Å². The first-order valence-corrected chi connectivity index (χ1v) is 8.65. The molecule has 1 atom stereocenters. The Balaban J connectivity index is 2.24. The fourth-order valence-corrected chi connectivity index (χ4v) is 2.83. The number of benzene rings is 1. The second-order valence-corrected chi connectivity index (χ2v) is 6.19. The molecule has 0 heterocycles. The van der Waals surface area contributed by atoms with Gasteiger partial charge in [0.1, 0.15) is 5.75 Å². The highest BCUT2D eigenvalue weighted by molar-refractivity contribution is 6.30. The van der Waals surface area contributed by atoms with Crippen molar-refractivity contribution < 1.29 is 4.74 Å². The van der Waals surface area contributed by atoms with Crippen molar-refractivity contribution in [2.24, 2.45) is 5.73 Å². The molecule has 1 rings (SSSR count). The van der Waals surface area contributed by atoms with Gasteiger partial charge in [-0.15, -0.1) is 0 Å². The molecule has 0 aliphatic heterocycles. The van der Waals surface area contributed by atoms with Gasteiger partial charge < -0.3 is 10.5 Å². The SMILES string of the molecule is CCCCCCCCCCC(N)c1cc(Cl)ccc1OC. The maximum absolute atomic E-state index is 6.28. The van der Waals surface area contributed by atoms with Crippen molar-refractivity contribution in [1.82, 2.24) is 0 Å². The van der Waals surface area contributed by atoms with Gasteiger partial charge in [-0.2, -0.15) is 0 Å². The molecule has 0 aromatic heterocycles. The summed E-state index contributed by atoms with van der Waals surface area (Å²) in [6.45, 7) is 2.26. The summed E-state index contributed by atoms with van der Waals surface area (Å²) in [6.07, 6.45) is 11.6. The van der Waals surface area contributed by atoms with Gasteiger partial charge in [0.25, 0.3) is 0 Å². The van der Waals surface area contributed by atoms with Crippen molar-refractivity contribution in [1.29, 1.82) is 0 Å². The molecule has 1 aromatic carbocycles. The molecule has 0 amide bonds. The van der Waals surface area contributed by atoms with Crippen LogP contribution in [0.25, 0.3) is 0 Å². The van der Waals surface area contributed by atoms with E-state index < -0.39 is 0 Å². The molecule has 0 saturated carbocycles. The quantitative estimate of drug-likeness (QED) is 0.518. The molecule has 21 heavy (non-hydrogen) atoms. The lowest BCUT2D eigenvalue weighted by Gasteiger charge is -2.16. The van der Waals surface area contributed by atoms with Gasteiger partial charge in [0.2, 0.25) is 0 Å². The lowest BCUT2D eigenvalue weighted by atomic mass is 9.99. The molecule has 0 aliphatic rings. The topological polar surface area (TPSA) is 35.2 Å². The van der Waals surface area contributed by atoms with Crippen LogP contribution in [0.1, 0.15) is 76.3 Å². The monoisotopic (exact) mass is 311 g/mol. The third-order valence-electron chi connectivity index (χ3n) is 3.96. The highest BCUT2D eigenvalue weighted by atomic mass is 35.5. The molecule has 0 radical (unpaired) electrons. The molecule has 2 nitrogen and oxygen atoms in total. The molecule has 0 saturated heterocycles. The van der Waals surface area contributed by atoms with Crippen LogP contribution in [-0.2, 0) is 0 Å². The summed E-state index contributed by atoms with van der Waals surface area (Å²) in [5.41, 5.74) is 7.30. The zero-order chi connectivity index (χ0) is 15.5. The Kier molecular flexibility index (Phi) is 9.53. The van der Waals surface area contributed by atoms with E-state index in [1.54, 1.807) is 7.11 Å². The number of halogens is 1. The molecule has 0 fully saturated rings. The van der Waals surface area contributed by atoms with E-state index in [0.29, 0.717) is 0 Å². The van der Waals surface area contributed by atoms with E-state index in [4.69, 9.17) is 22.1 Å². The van der Waals surface area contributed by atoms with Crippen LogP contribution >= 0.6 is 11.6 Å². The molecule has 120 valence electrons. The Labute approximate surface area is 135 Å². The van der Waals surface area contributed by atoms with Crippen LogP contribution in [-0.4, -0.2) is 7.11 Å². The molecule has 1 unspecified atom stereocenters. The third kappa shape index (κ3) is 7.19. The molecule has 0 bridgehead atoms. The number of methoxy groups -OCH3 is 1. The summed E-state index contributed by atoms with van der Waals surface area (Å²) in [4.78, 5) is 0. The predicted octanol–water partition coefficient (Wildman–Crippen LogP) is 5.88. The van der Waals surface area contributed by atoms with E-state index in [1.807, 2.05) is 18.2 Å². The number of nitrogens with two attached hydrogens (primary N) is 1. The van der Waals surface area contributed by atoms with Gasteiger partial charge in [-0.3, -0.25) is 0 Å². The van der Waals surface area contributed by atoms with E-state index in [2.05, 4.69) is 6.92 Å². The van der Waals surface area contributed by atoms with Gasteiger partial charge in [0.05, 0.1) is 7.11 Å². The molecule has 0 spiro atoms. The van der Waals surface area contributed by atoms with Gasteiger partial charge in [-0.1, -0.05) is 69.9 Å². The fraction of sp³-hybridized carbons (Fsp3) is 0.667. The number of hydrogen-bond donors (Lipinski definition) is 1. The average molecular weight is 312 g/mol. The van der Waals surface area contributed by atoms with Crippen molar-refractivity contribution in [3.05, 3.63) is 28.8 Å². The Hall–Kier alpha value is -0.730. The number of rotatable bonds is 11. The van der Waals surface area contributed by atoms with E-state index in [1.165, 1.54) is 51.4 Å². The highest BCUT2D eigenvalue weighted by Gasteiger charge is 2.12. The second kappa shape index (κ2) is 10.9. The zero-order valence-electron chi connectivity index (χ0n) is 13.5. The van der Waals surface area contributed by atoms with Crippen LogP contribution in [0.3, 0.4) is 0 Å². The van der Waals surface area contributed by atoms with Crippen molar-refractivity contribution >= 4 is 11.6 Å². The minimum atomic E-state index is 0.0127. The molecular formula is C18H30ClNO. The van der Waals surface area contributed by atoms with Crippen molar-refractivity contribution in [2.45, 2.75) is 70.8 Å². The first-order chi connectivity index (χ1) is 10.2. The average Bonchev–Trinajstić information content (AvgIpc) is 2.49.